The molecule has 7 heteroatoms. The Morgan fingerprint density at radius 1 is 1.26 bits per heavy atom. The molecule has 3 heterocycles. The maximum atomic E-state index is 12.8. The molecule has 0 radical (unpaired) electrons. The van der Waals surface area contributed by atoms with Gasteiger partial charge in [-0.25, -0.2) is 4.79 Å². The molecule has 3 rings (SSSR count). The number of nitrogens with one attached hydrogen (secondary N) is 1. The lowest BCUT2D eigenvalue weighted by Gasteiger charge is -2.32. The number of nitrogens with zero attached hydrogens (tertiary/aromatic N) is 1. The second kappa shape index (κ2) is 6.54. The molecule has 2 amide bonds. The molecule has 0 unspecified atom stereocenters. The summed E-state index contributed by atoms with van der Waals surface area (Å²) in [5.41, 5.74) is 0.515. The van der Waals surface area contributed by atoms with Gasteiger partial charge in [0, 0.05) is 11.4 Å². The molecule has 3 atom stereocenters. The van der Waals surface area contributed by atoms with Gasteiger partial charge < -0.3 is 15.3 Å². The van der Waals surface area contributed by atoms with E-state index >= 15 is 0 Å². The topological polar surface area (TPSA) is 86.7 Å². The molecule has 0 bridgehead atoms. The van der Waals surface area contributed by atoms with E-state index in [0.29, 0.717) is 31.2 Å². The third-order valence-corrected chi connectivity index (χ3v) is 5.06. The van der Waals surface area contributed by atoms with Gasteiger partial charge in [-0.1, -0.05) is 12.2 Å². The van der Waals surface area contributed by atoms with Gasteiger partial charge in [0.1, 0.15) is 12.1 Å². The van der Waals surface area contributed by atoms with E-state index < -0.39 is 18.1 Å². The Kier molecular flexibility index (Phi) is 4.47. The summed E-state index contributed by atoms with van der Waals surface area (Å²) in [7, 11) is 0. The van der Waals surface area contributed by atoms with Crippen LogP contribution in [0.3, 0.4) is 0 Å². The number of thiophene rings is 1. The van der Waals surface area contributed by atoms with Gasteiger partial charge in [-0.05, 0) is 37.1 Å². The van der Waals surface area contributed by atoms with Crippen molar-refractivity contribution >= 4 is 29.1 Å². The molecule has 1 aromatic rings. The van der Waals surface area contributed by atoms with E-state index in [-0.39, 0.29) is 17.9 Å². The maximum absolute atomic E-state index is 12.8. The van der Waals surface area contributed by atoms with Gasteiger partial charge in [0.2, 0.25) is 5.91 Å². The van der Waals surface area contributed by atoms with Crippen molar-refractivity contribution in [3.63, 3.8) is 0 Å². The van der Waals surface area contributed by atoms with Crippen molar-refractivity contribution in [2.24, 2.45) is 0 Å². The quantitative estimate of drug-likeness (QED) is 0.823. The Morgan fingerprint density at radius 2 is 2.04 bits per heavy atom. The van der Waals surface area contributed by atoms with Gasteiger partial charge in [0.25, 0.3) is 5.91 Å². The van der Waals surface area contributed by atoms with Crippen LogP contribution in [-0.2, 0) is 9.59 Å². The molecule has 0 spiro atoms. The average molecular weight is 334 g/mol. The molecule has 122 valence electrons. The molecule has 0 aromatic carbocycles. The van der Waals surface area contributed by atoms with Gasteiger partial charge in [0.15, 0.2) is 0 Å². The summed E-state index contributed by atoms with van der Waals surface area (Å²) in [5.74, 6) is -1.58. The Labute approximate surface area is 137 Å². The number of hydrogen-bond acceptors (Lipinski definition) is 4. The highest BCUT2D eigenvalue weighted by Gasteiger charge is 2.43. The van der Waals surface area contributed by atoms with Crippen molar-refractivity contribution in [3.05, 3.63) is 34.5 Å². The number of fused-ring (bicyclic) bond motifs is 1. The summed E-state index contributed by atoms with van der Waals surface area (Å²) >= 11 is 1.41. The molecule has 0 saturated carbocycles. The number of carboxylic acids is 1. The first kappa shape index (κ1) is 15.7. The van der Waals surface area contributed by atoms with Crippen molar-refractivity contribution in [2.45, 2.75) is 43.8 Å². The van der Waals surface area contributed by atoms with Crippen LogP contribution in [0, 0.1) is 0 Å². The van der Waals surface area contributed by atoms with Gasteiger partial charge in [-0.2, -0.15) is 11.3 Å². The monoisotopic (exact) mass is 334 g/mol. The first-order chi connectivity index (χ1) is 11.1. The van der Waals surface area contributed by atoms with E-state index in [1.54, 1.807) is 16.8 Å². The van der Waals surface area contributed by atoms with Gasteiger partial charge in [0.05, 0.1) is 5.56 Å². The third kappa shape index (κ3) is 3.14. The maximum Gasteiger partial charge on any atom is 0.326 e. The number of hydrogen-bond donors (Lipinski definition) is 2. The van der Waals surface area contributed by atoms with Crippen LogP contribution in [0.15, 0.2) is 29.0 Å². The number of aliphatic carboxylic acids is 1. The first-order valence-corrected chi connectivity index (χ1v) is 8.55. The number of carboxylic acid groups (broad SMARTS) is 1. The van der Waals surface area contributed by atoms with Crippen LogP contribution in [-0.4, -0.2) is 45.9 Å². The zero-order valence-corrected chi connectivity index (χ0v) is 13.3. The predicted molar refractivity (Wildman–Crippen MR) is 85.2 cm³/mol. The minimum absolute atomic E-state index is 0.0966. The van der Waals surface area contributed by atoms with E-state index in [1.807, 2.05) is 12.2 Å². The standard InChI is InChI=1S/C16H18N2O4S/c19-14(10-7-8-23-9-10)17-12-4-2-1-3-11-5-6-13(16(21)22)18(11)15(12)20/h1-2,7-9,11-13H,3-6H2,(H,17,19)(H,21,22)/b2-1-/t11-,12+,13+/m1/s1. The van der Waals surface area contributed by atoms with E-state index in [9.17, 15) is 19.5 Å². The third-order valence-electron chi connectivity index (χ3n) is 4.38. The van der Waals surface area contributed by atoms with E-state index in [2.05, 4.69) is 5.32 Å². The second-order valence-electron chi connectivity index (χ2n) is 5.81. The van der Waals surface area contributed by atoms with Crippen molar-refractivity contribution in [1.29, 1.82) is 0 Å². The van der Waals surface area contributed by atoms with Crippen molar-refractivity contribution < 1.29 is 19.5 Å². The van der Waals surface area contributed by atoms with Crippen LogP contribution in [0.5, 0.6) is 0 Å². The molecular formula is C16H18N2O4S. The Hall–Kier alpha value is -2.15. The van der Waals surface area contributed by atoms with Crippen LogP contribution < -0.4 is 5.32 Å². The normalized spacial score (nSPS) is 28.6. The largest absolute Gasteiger partial charge is 0.480 e. The number of carbonyl (C=O) groups excluding carboxylic acids is 2. The van der Waals surface area contributed by atoms with Crippen LogP contribution in [0.1, 0.15) is 36.0 Å². The molecule has 2 aliphatic heterocycles. The van der Waals surface area contributed by atoms with Gasteiger partial charge >= 0.3 is 5.97 Å². The zero-order chi connectivity index (χ0) is 16.4. The fourth-order valence-electron chi connectivity index (χ4n) is 3.21. The van der Waals surface area contributed by atoms with Crippen LogP contribution in [0.2, 0.25) is 0 Å². The number of rotatable bonds is 3. The Balaban J connectivity index is 1.81. The molecule has 2 aliphatic rings. The second-order valence-corrected chi connectivity index (χ2v) is 6.59. The summed E-state index contributed by atoms with van der Waals surface area (Å²) in [6.45, 7) is 0. The highest BCUT2D eigenvalue weighted by molar-refractivity contribution is 7.08. The van der Waals surface area contributed by atoms with Crippen molar-refractivity contribution in [2.75, 3.05) is 0 Å². The summed E-state index contributed by atoms with van der Waals surface area (Å²) in [5, 5.41) is 15.6. The van der Waals surface area contributed by atoms with Crippen LogP contribution >= 0.6 is 11.3 Å². The van der Waals surface area contributed by atoms with Crippen molar-refractivity contribution in [1.82, 2.24) is 10.2 Å². The molecule has 1 fully saturated rings. The Bertz CT molecular complexity index is 641. The predicted octanol–water partition coefficient (Wildman–Crippen LogP) is 1.64. The van der Waals surface area contributed by atoms with Gasteiger partial charge in [-0.15, -0.1) is 0 Å². The molecule has 0 aliphatic carbocycles. The molecular weight excluding hydrogens is 316 g/mol. The summed E-state index contributed by atoms with van der Waals surface area (Å²) in [4.78, 5) is 37.9. The zero-order valence-electron chi connectivity index (χ0n) is 12.5. The molecule has 6 nitrogen and oxygen atoms in total. The minimum Gasteiger partial charge on any atom is -0.480 e. The smallest absolute Gasteiger partial charge is 0.326 e. The fraction of sp³-hybridized carbons (Fsp3) is 0.438. The lowest BCUT2D eigenvalue weighted by Crippen LogP contribution is -2.54. The fourth-order valence-corrected chi connectivity index (χ4v) is 3.85. The number of carbonyl (C=O) groups is 3. The molecule has 1 saturated heterocycles. The summed E-state index contributed by atoms with van der Waals surface area (Å²) in [6.07, 6.45) is 6.05. The lowest BCUT2D eigenvalue weighted by molar-refractivity contribution is -0.150. The van der Waals surface area contributed by atoms with Crippen LogP contribution in [0.4, 0.5) is 0 Å². The SMILES string of the molecule is O=C(N[C@H]1C/C=C\C[C@@H]2CC[C@@H](C(=O)O)N2C1=O)c1ccsc1. The highest BCUT2D eigenvalue weighted by Crippen LogP contribution is 2.29. The molecule has 23 heavy (non-hydrogen) atoms. The lowest BCUT2D eigenvalue weighted by atomic mass is 10.0. The first-order valence-electron chi connectivity index (χ1n) is 7.61. The highest BCUT2D eigenvalue weighted by atomic mass is 32.1. The number of amides is 2. The summed E-state index contributed by atoms with van der Waals surface area (Å²) in [6, 6.07) is 0.0868. The van der Waals surface area contributed by atoms with E-state index in [4.69, 9.17) is 0 Å². The van der Waals surface area contributed by atoms with Crippen LogP contribution in [0.25, 0.3) is 0 Å². The Morgan fingerprint density at radius 3 is 2.74 bits per heavy atom. The van der Waals surface area contributed by atoms with Crippen molar-refractivity contribution in [3.8, 4) is 0 Å². The molecule has 2 N–H and O–H groups in total. The molecule has 1 aromatic heterocycles. The van der Waals surface area contributed by atoms with Gasteiger partial charge in [-0.3, -0.25) is 9.59 Å². The van der Waals surface area contributed by atoms with E-state index in [0.717, 1.165) is 0 Å². The average Bonchev–Trinajstić information content (AvgIpc) is 3.17. The van der Waals surface area contributed by atoms with E-state index in [1.165, 1.54) is 16.2 Å². The summed E-state index contributed by atoms with van der Waals surface area (Å²) < 4.78 is 0. The minimum atomic E-state index is -0.978.